The summed E-state index contributed by atoms with van der Waals surface area (Å²) in [5.74, 6) is -0.652. The second-order valence-electron chi connectivity index (χ2n) is 6.26. The summed E-state index contributed by atoms with van der Waals surface area (Å²) < 4.78 is 27.9. The molecule has 0 saturated heterocycles. The summed E-state index contributed by atoms with van der Waals surface area (Å²) in [5, 5.41) is 4.17. The molecule has 28 heavy (non-hydrogen) atoms. The molecule has 0 atom stereocenters. The molecule has 2 aromatic rings. The van der Waals surface area contributed by atoms with Gasteiger partial charge >= 0.3 is 0 Å². The molecule has 1 aliphatic heterocycles. The number of aliphatic imine (C=N–C) groups is 1. The van der Waals surface area contributed by atoms with Crippen LogP contribution in [0.3, 0.4) is 0 Å². The predicted octanol–water partition coefficient (Wildman–Crippen LogP) is -0.224. The molecule has 1 aliphatic rings. The van der Waals surface area contributed by atoms with Crippen LogP contribution in [0, 0.1) is 13.8 Å². The minimum absolute atomic E-state index is 0.0131. The van der Waals surface area contributed by atoms with Crippen molar-refractivity contribution in [2.45, 2.75) is 31.7 Å². The number of hydrazine groups is 1. The smallest absolute Gasteiger partial charge is 0.263 e. The second kappa shape index (κ2) is 7.80. The number of amidine groups is 1. The molecule has 0 spiro atoms. The molecule has 0 bridgehead atoms. The van der Waals surface area contributed by atoms with Crippen LogP contribution in [0.5, 0.6) is 0 Å². The molecule has 1 aromatic heterocycles. The van der Waals surface area contributed by atoms with E-state index >= 15 is 0 Å². The fourth-order valence-electron chi connectivity index (χ4n) is 2.73. The summed E-state index contributed by atoms with van der Waals surface area (Å²) in [6.45, 7) is 3.71. The highest BCUT2D eigenvalue weighted by molar-refractivity contribution is 7.90. The molecular formula is C17H20N6O4S. The summed E-state index contributed by atoms with van der Waals surface area (Å²) in [6.07, 6.45) is -0.0203. The predicted molar refractivity (Wildman–Crippen MR) is 101 cm³/mol. The van der Waals surface area contributed by atoms with E-state index in [2.05, 4.69) is 25.7 Å². The first-order valence-electron chi connectivity index (χ1n) is 8.51. The topological polar surface area (TPSA) is 135 Å². The summed E-state index contributed by atoms with van der Waals surface area (Å²) in [4.78, 5) is 28.1. The van der Waals surface area contributed by atoms with Crippen LogP contribution in [0.4, 0.5) is 0 Å². The van der Waals surface area contributed by atoms with Crippen LogP contribution in [-0.2, 0) is 26.2 Å². The van der Waals surface area contributed by atoms with Gasteiger partial charge in [-0.1, -0.05) is 12.1 Å². The van der Waals surface area contributed by atoms with Gasteiger partial charge in [-0.05, 0) is 32.0 Å². The number of carbonyl (C=O) groups is 2. The maximum atomic E-state index is 12.0. The Labute approximate surface area is 162 Å². The largest absolute Gasteiger partial charge is 0.273 e. The number of carbonyl (C=O) groups excluding carboxylic acids is 2. The van der Waals surface area contributed by atoms with E-state index in [1.807, 2.05) is 19.9 Å². The molecule has 11 heteroatoms. The molecule has 0 saturated carbocycles. The van der Waals surface area contributed by atoms with Crippen LogP contribution in [0.25, 0.3) is 0 Å². The maximum absolute atomic E-state index is 12.0. The molecule has 3 N–H and O–H groups in total. The van der Waals surface area contributed by atoms with Crippen molar-refractivity contribution in [3.63, 3.8) is 0 Å². The number of aryl methyl sites for hydroxylation is 2. The van der Waals surface area contributed by atoms with Gasteiger partial charge in [-0.25, -0.2) is 8.42 Å². The highest BCUT2D eigenvalue weighted by atomic mass is 32.2. The lowest BCUT2D eigenvalue weighted by molar-refractivity contribution is -0.129. The van der Waals surface area contributed by atoms with Gasteiger partial charge in [0.25, 0.3) is 15.9 Å². The van der Waals surface area contributed by atoms with Crippen molar-refractivity contribution in [1.82, 2.24) is 25.4 Å². The van der Waals surface area contributed by atoms with E-state index in [0.717, 1.165) is 11.4 Å². The molecule has 0 aliphatic carbocycles. The van der Waals surface area contributed by atoms with E-state index in [4.69, 9.17) is 0 Å². The number of sulfonamides is 1. The average molecular weight is 404 g/mol. The number of hydrogen-bond donors (Lipinski definition) is 3. The molecule has 0 radical (unpaired) electrons. The Morgan fingerprint density at radius 3 is 2.61 bits per heavy atom. The first-order valence-corrected chi connectivity index (χ1v) is 10.00. The Bertz CT molecular complexity index is 1060. The summed E-state index contributed by atoms with van der Waals surface area (Å²) in [6, 6.07) is 8.32. The van der Waals surface area contributed by atoms with Crippen LogP contribution < -0.4 is 15.6 Å². The second-order valence-corrected chi connectivity index (χ2v) is 7.91. The lowest BCUT2D eigenvalue weighted by Crippen LogP contribution is -2.43. The van der Waals surface area contributed by atoms with Gasteiger partial charge in [0.05, 0.1) is 17.1 Å². The number of nitrogens with zero attached hydrogens (tertiary/aromatic N) is 3. The quantitative estimate of drug-likeness (QED) is 0.592. The maximum Gasteiger partial charge on any atom is 0.263 e. The Morgan fingerprint density at radius 1 is 1.18 bits per heavy atom. The zero-order chi connectivity index (χ0) is 20.3. The lowest BCUT2D eigenvalue weighted by Gasteiger charge is -2.08. The van der Waals surface area contributed by atoms with E-state index in [1.54, 1.807) is 18.2 Å². The summed E-state index contributed by atoms with van der Waals surface area (Å²) >= 11 is 0. The number of hydrogen-bond acceptors (Lipinski definition) is 6. The van der Waals surface area contributed by atoms with Crippen LogP contribution in [0.1, 0.15) is 23.4 Å². The molecule has 2 amide bonds. The molecule has 148 valence electrons. The van der Waals surface area contributed by atoms with Gasteiger partial charge in [0, 0.05) is 17.7 Å². The number of rotatable bonds is 5. The molecular weight excluding hydrogens is 384 g/mol. The lowest BCUT2D eigenvalue weighted by atomic mass is 10.2. The van der Waals surface area contributed by atoms with E-state index in [9.17, 15) is 18.0 Å². The fraction of sp³-hybridized carbons (Fsp3) is 0.294. The highest BCUT2D eigenvalue weighted by Gasteiger charge is 2.29. The van der Waals surface area contributed by atoms with Gasteiger partial charge in [-0.3, -0.25) is 34.8 Å². The monoisotopic (exact) mass is 404 g/mol. The van der Waals surface area contributed by atoms with Gasteiger partial charge in [0.1, 0.15) is 12.4 Å². The Kier molecular flexibility index (Phi) is 5.45. The summed E-state index contributed by atoms with van der Waals surface area (Å²) in [5.41, 5.74) is 6.74. The van der Waals surface area contributed by atoms with Crippen molar-refractivity contribution in [1.29, 1.82) is 0 Å². The van der Waals surface area contributed by atoms with Gasteiger partial charge in [0.15, 0.2) is 0 Å². The van der Waals surface area contributed by atoms with Gasteiger partial charge in [-0.15, -0.1) is 0 Å². The summed E-state index contributed by atoms with van der Waals surface area (Å²) in [7, 11) is -3.61. The van der Waals surface area contributed by atoms with Crippen molar-refractivity contribution >= 4 is 27.7 Å². The number of amides is 2. The zero-order valence-corrected chi connectivity index (χ0v) is 16.2. The molecule has 0 fully saturated rings. The van der Waals surface area contributed by atoms with E-state index in [-0.39, 0.29) is 30.2 Å². The number of aromatic nitrogens is 2. The van der Waals surface area contributed by atoms with Gasteiger partial charge < -0.3 is 0 Å². The fourth-order valence-corrected chi connectivity index (χ4v) is 3.98. The van der Waals surface area contributed by atoms with Crippen molar-refractivity contribution in [2.75, 3.05) is 6.54 Å². The Morgan fingerprint density at radius 2 is 1.89 bits per heavy atom. The first-order chi connectivity index (χ1) is 13.3. The van der Waals surface area contributed by atoms with E-state index in [0.29, 0.717) is 5.56 Å². The van der Waals surface area contributed by atoms with E-state index < -0.39 is 21.8 Å². The molecule has 10 nitrogen and oxygen atoms in total. The van der Waals surface area contributed by atoms with Crippen molar-refractivity contribution in [3.8, 4) is 0 Å². The van der Waals surface area contributed by atoms with Crippen LogP contribution in [0.15, 0.2) is 40.2 Å². The molecule has 2 heterocycles. The Balaban J connectivity index is 1.48. The van der Waals surface area contributed by atoms with Crippen molar-refractivity contribution in [3.05, 3.63) is 47.3 Å². The molecule has 3 rings (SSSR count). The number of fused-ring (bicyclic) bond motifs is 1. The normalized spacial score (nSPS) is 15.7. The Hall–Kier alpha value is -3.21. The van der Waals surface area contributed by atoms with E-state index in [1.165, 1.54) is 10.7 Å². The average Bonchev–Trinajstić information content (AvgIpc) is 3.09. The van der Waals surface area contributed by atoms with Crippen molar-refractivity contribution < 1.29 is 18.0 Å². The zero-order valence-electron chi connectivity index (χ0n) is 15.4. The third kappa shape index (κ3) is 4.36. The standard InChI is InChI=1S/C17H20N6O4S/c1-11-9-12(2)23(21-11)10-16(25)20-19-15(24)7-8-18-17-13-5-3-4-6-14(13)28(26,27)22-17/h3-6,9H,7-8,10H2,1-2H3,(H,18,22)(H,19,24)(H,20,25). The van der Waals surface area contributed by atoms with Gasteiger partial charge in [0.2, 0.25) is 5.91 Å². The highest BCUT2D eigenvalue weighted by Crippen LogP contribution is 2.22. The van der Waals surface area contributed by atoms with Crippen LogP contribution in [-0.4, -0.2) is 42.4 Å². The third-order valence-corrected chi connectivity index (χ3v) is 5.41. The molecule has 0 unspecified atom stereocenters. The minimum Gasteiger partial charge on any atom is -0.273 e. The van der Waals surface area contributed by atoms with Gasteiger partial charge in [-0.2, -0.15) is 5.10 Å². The van der Waals surface area contributed by atoms with Crippen LogP contribution >= 0.6 is 0 Å². The third-order valence-electron chi connectivity index (χ3n) is 4.01. The first kappa shape index (κ1) is 19.5. The SMILES string of the molecule is Cc1cc(C)n(CC(=O)NNC(=O)CCN=C2NS(=O)(=O)c3ccccc32)n1. The van der Waals surface area contributed by atoms with Crippen molar-refractivity contribution in [2.24, 2.45) is 4.99 Å². The number of benzene rings is 1. The van der Waals surface area contributed by atoms with Crippen LogP contribution in [0.2, 0.25) is 0 Å². The number of nitrogens with one attached hydrogen (secondary N) is 3. The molecule has 1 aromatic carbocycles. The minimum atomic E-state index is -3.61.